The van der Waals surface area contributed by atoms with Crippen LogP contribution >= 0.6 is 11.8 Å². The number of aromatic amines is 1. The Balaban J connectivity index is 1.58. The average Bonchev–Trinajstić information content (AvgIpc) is 3.04. The summed E-state index contributed by atoms with van der Waals surface area (Å²) in [6.07, 6.45) is 0. The van der Waals surface area contributed by atoms with E-state index in [0.29, 0.717) is 22.7 Å². The first kappa shape index (κ1) is 19.5. The first-order valence-corrected chi connectivity index (χ1v) is 10.3. The molecule has 3 aromatic rings. The third kappa shape index (κ3) is 3.87. The third-order valence-corrected chi connectivity index (χ3v) is 5.98. The number of rotatable bonds is 5. The van der Waals surface area contributed by atoms with Crippen molar-refractivity contribution in [2.24, 2.45) is 4.99 Å². The molecule has 5 nitrogen and oxygen atoms in total. The molecule has 0 saturated carbocycles. The largest absolute Gasteiger partial charge is 0.489 e. The highest BCUT2D eigenvalue weighted by atomic mass is 32.2. The SMILES string of the molecule is CC1=Nc2c(c(=O)[nH]n2C(C)C)[C@@H](c2ccc(OCc3ccccc3F)cc2)S1. The van der Waals surface area contributed by atoms with Crippen LogP contribution in [0.3, 0.4) is 0 Å². The molecule has 2 aromatic carbocycles. The molecule has 1 aliphatic heterocycles. The van der Waals surface area contributed by atoms with E-state index in [1.807, 2.05) is 49.7 Å². The van der Waals surface area contributed by atoms with Crippen LogP contribution in [0.2, 0.25) is 0 Å². The fourth-order valence-electron chi connectivity index (χ4n) is 3.33. The van der Waals surface area contributed by atoms with Gasteiger partial charge in [0.05, 0.1) is 15.9 Å². The quantitative estimate of drug-likeness (QED) is 0.615. The number of aliphatic imine (C=N–C) groups is 1. The summed E-state index contributed by atoms with van der Waals surface area (Å²) in [6.45, 7) is 6.14. The monoisotopic (exact) mass is 411 g/mol. The number of halogens is 1. The Morgan fingerprint density at radius 2 is 1.93 bits per heavy atom. The van der Waals surface area contributed by atoms with Crippen LogP contribution in [0.1, 0.15) is 48.8 Å². The van der Waals surface area contributed by atoms with Crippen LogP contribution in [0.5, 0.6) is 5.75 Å². The van der Waals surface area contributed by atoms with Gasteiger partial charge in [-0.3, -0.25) is 14.6 Å². The maximum absolute atomic E-state index is 13.7. The number of ether oxygens (including phenoxy) is 1. The van der Waals surface area contributed by atoms with Crippen molar-refractivity contribution in [3.05, 3.63) is 81.4 Å². The Kier molecular flexibility index (Phi) is 5.32. The van der Waals surface area contributed by atoms with Crippen LogP contribution in [0.15, 0.2) is 58.3 Å². The molecule has 2 heterocycles. The molecule has 150 valence electrons. The number of H-pyrrole nitrogens is 1. The normalized spacial score (nSPS) is 15.9. The van der Waals surface area contributed by atoms with Gasteiger partial charge >= 0.3 is 0 Å². The lowest BCUT2D eigenvalue weighted by atomic mass is 10.1. The van der Waals surface area contributed by atoms with E-state index in [0.717, 1.165) is 10.6 Å². The molecule has 29 heavy (non-hydrogen) atoms. The molecule has 1 N–H and O–H groups in total. The van der Waals surface area contributed by atoms with Crippen LogP contribution in [-0.2, 0) is 6.61 Å². The highest BCUT2D eigenvalue weighted by Crippen LogP contribution is 2.44. The zero-order valence-corrected chi connectivity index (χ0v) is 17.3. The second-order valence-electron chi connectivity index (χ2n) is 7.22. The third-order valence-electron chi connectivity index (χ3n) is 4.80. The van der Waals surface area contributed by atoms with Crippen molar-refractivity contribution in [2.45, 2.75) is 38.7 Å². The highest BCUT2D eigenvalue weighted by Gasteiger charge is 2.30. The van der Waals surface area contributed by atoms with Gasteiger partial charge in [-0.1, -0.05) is 42.1 Å². The number of aromatic nitrogens is 2. The molecule has 0 amide bonds. The van der Waals surface area contributed by atoms with Gasteiger partial charge in [0.15, 0.2) is 5.82 Å². The van der Waals surface area contributed by atoms with Gasteiger partial charge in [-0.05, 0) is 44.5 Å². The van der Waals surface area contributed by atoms with E-state index in [-0.39, 0.29) is 29.3 Å². The summed E-state index contributed by atoms with van der Waals surface area (Å²) in [4.78, 5) is 17.2. The Hall–Kier alpha value is -2.80. The van der Waals surface area contributed by atoms with Gasteiger partial charge in [0.1, 0.15) is 18.2 Å². The summed E-state index contributed by atoms with van der Waals surface area (Å²) in [6, 6.07) is 14.3. The minimum atomic E-state index is -0.279. The smallest absolute Gasteiger partial charge is 0.271 e. The van der Waals surface area contributed by atoms with Crippen molar-refractivity contribution in [3.63, 3.8) is 0 Å². The Morgan fingerprint density at radius 1 is 1.21 bits per heavy atom. The molecule has 1 aromatic heterocycles. The van der Waals surface area contributed by atoms with E-state index in [2.05, 4.69) is 10.1 Å². The van der Waals surface area contributed by atoms with Gasteiger partial charge in [0.25, 0.3) is 5.56 Å². The predicted octanol–water partition coefficient (Wildman–Crippen LogP) is 5.36. The van der Waals surface area contributed by atoms with Gasteiger partial charge < -0.3 is 4.74 Å². The zero-order chi connectivity index (χ0) is 20.5. The number of benzene rings is 2. The molecule has 7 heteroatoms. The summed E-state index contributed by atoms with van der Waals surface area (Å²) >= 11 is 1.57. The lowest BCUT2D eigenvalue weighted by molar-refractivity contribution is 0.300. The van der Waals surface area contributed by atoms with Crippen molar-refractivity contribution in [1.82, 2.24) is 9.78 Å². The lowest BCUT2D eigenvalue weighted by Gasteiger charge is -2.21. The number of hydrogen-bond acceptors (Lipinski definition) is 4. The van der Waals surface area contributed by atoms with Gasteiger partial charge in [0, 0.05) is 11.6 Å². The van der Waals surface area contributed by atoms with Gasteiger partial charge in [-0.2, -0.15) is 0 Å². The molecule has 0 bridgehead atoms. The molecule has 0 radical (unpaired) electrons. The van der Waals surface area contributed by atoms with Crippen LogP contribution in [0, 0.1) is 5.82 Å². The topological polar surface area (TPSA) is 59.4 Å². The van der Waals surface area contributed by atoms with Crippen LogP contribution in [0.25, 0.3) is 0 Å². The summed E-state index contributed by atoms with van der Waals surface area (Å²) in [5, 5.41) is 3.69. The summed E-state index contributed by atoms with van der Waals surface area (Å²) in [5.74, 6) is 1.07. The van der Waals surface area contributed by atoms with E-state index in [4.69, 9.17) is 4.74 Å². The molecule has 4 rings (SSSR count). The van der Waals surface area contributed by atoms with Crippen LogP contribution < -0.4 is 10.3 Å². The van der Waals surface area contributed by atoms with Gasteiger partial charge in [-0.25, -0.2) is 9.38 Å². The van der Waals surface area contributed by atoms with Crippen LogP contribution in [0.4, 0.5) is 10.2 Å². The maximum Gasteiger partial charge on any atom is 0.271 e. The zero-order valence-electron chi connectivity index (χ0n) is 16.5. The van der Waals surface area contributed by atoms with E-state index >= 15 is 0 Å². The Morgan fingerprint density at radius 3 is 2.62 bits per heavy atom. The lowest BCUT2D eigenvalue weighted by Crippen LogP contribution is -2.13. The second-order valence-corrected chi connectivity index (χ2v) is 8.52. The minimum absolute atomic E-state index is 0.109. The van der Waals surface area contributed by atoms with Crippen LogP contribution in [-0.4, -0.2) is 14.8 Å². The summed E-state index contributed by atoms with van der Waals surface area (Å²) in [7, 11) is 0. The number of nitrogens with one attached hydrogen (secondary N) is 1. The predicted molar refractivity (Wildman–Crippen MR) is 115 cm³/mol. The Labute approximate surface area is 172 Å². The number of thioether (sulfide) groups is 1. The van der Waals surface area contributed by atoms with Crippen molar-refractivity contribution < 1.29 is 9.13 Å². The summed E-state index contributed by atoms with van der Waals surface area (Å²) < 4.78 is 21.3. The number of fused-ring (bicyclic) bond motifs is 1. The highest BCUT2D eigenvalue weighted by molar-refractivity contribution is 8.14. The van der Waals surface area contributed by atoms with E-state index in [9.17, 15) is 9.18 Å². The first-order chi connectivity index (χ1) is 13.9. The molecule has 0 aliphatic carbocycles. The molecule has 1 aliphatic rings. The van der Waals surface area contributed by atoms with E-state index in [1.165, 1.54) is 6.07 Å². The first-order valence-electron chi connectivity index (χ1n) is 9.46. The molecular weight excluding hydrogens is 389 g/mol. The van der Waals surface area contributed by atoms with Gasteiger partial charge in [0.2, 0.25) is 0 Å². The Bertz CT molecular complexity index is 1120. The second kappa shape index (κ2) is 7.91. The molecule has 1 atom stereocenters. The fraction of sp³-hybridized carbons (Fsp3) is 0.273. The minimum Gasteiger partial charge on any atom is -0.489 e. The molecule has 0 fully saturated rings. The van der Waals surface area contributed by atoms with Gasteiger partial charge in [-0.15, -0.1) is 0 Å². The van der Waals surface area contributed by atoms with Crippen molar-refractivity contribution in [1.29, 1.82) is 0 Å². The van der Waals surface area contributed by atoms with Crippen molar-refractivity contribution >= 4 is 22.6 Å². The standard InChI is InChI=1S/C22H22FN3O2S/c1-13(2)26-21-19(22(27)25-26)20(29-14(3)24-21)15-8-10-17(11-9-15)28-12-16-6-4-5-7-18(16)23/h4-11,13,20H,12H2,1-3H3,(H,25,27)/t20-/m1/s1. The van der Waals surface area contributed by atoms with E-state index in [1.54, 1.807) is 30.0 Å². The molecular formula is C22H22FN3O2S. The van der Waals surface area contributed by atoms with E-state index < -0.39 is 0 Å². The maximum atomic E-state index is 13.7. The average molecular weight is 412 g/mol. The number of nitrogens with zero attached hydrogens (tertiary/aromatic N) is 2. The summed E-state index contributed by atoms with van der Waals surface area (Å²) in [5.41, 5.74) is 2.07. The molecule has 0 saturated heterocycles. The fourth-order valence-corrected chi connectivity index (χ4v) is 4.44. The molecule has 0 unspecified atom stereocenters. The van der Waals surface area contributed by atoms with Crippen molar-refractivity contribution in [2.75, 3.05) is 0 Å². The van der Waals surface area contributed by atoms with Crippen molar-refractivity contribution in [3.8, 4) is 5.75 Å². The molecule has 0 spiro atoms. The number of hydrogen-bond donors (Lipinski definition) is 1.